The third-order valence-electron chi connectivity index (χ3n) is 3.49. The van der Waals surface area contributed by atoms with Gasteiger partial charge < -0.3 is 10.1 Å². The molecule has 1 unspecified atom stereocenters. The van der Waals surface area contributed by atoms with Crippen LogP contribution in [-0.2, 0) is 4.79 Å². The van der Waals surface area contributed by atoms with E-state index in [0.717, 1.165) is 25.9 Å². The van der Waals surface area contributed by atoms with Crippen LogP contribution in [0.1, 0.15) is 19.8 Å². The summed E-state index contributed by atoms with van der Waals surface area (Å²) in [6.07, 6.45) is 2.33. The van der Waals surface area contributed by atoms with Crippen LogP contribution in [0, 0.1) is 0 Å². The number of nitrogens with one attached hydrogen (secondary N) is 1. The Bertz CT molecular complexity index is 459. The standard InChI is InChI=1S/C14H19ClN2O2/c1-10(17-7-3-4-8-17)14(18)16-12-9-11(15)5-6-13(12)19-2/h5-6,9-10H,3-4,7-8H2,1-2H3,(H,16,18). The molecule has 1 atom stereocenters. The number of carbonyl (C=O) groups excluding carboxylic acids is 1. The molecule has 0 aromatic heterocycles. The predicted octanol–water partition coefficient (Wildman–Crippen LogP) is 2.77. The van der Waals surface area contributed by atoms with Gasteiger partial charge in [-0.3, -0.25) is 9.69 Å². The van der Waals surface area contributed by atoms with Crippen LogP contribution >= 0.6 is 11.6 Å². The van der Waals surface area contributed by atoms with Gasteiger partial charge in [-0.1, -0.05) is 11.6 Å². The van der Waals surface area contributed by atoms with Crippen LogP contribution in [0.4, 0.5) is 5.69 Å². The highest BCUT2D eigenvalue weighted by Gasteiger charge is 2.24. The Labute approximate surface area is 118 Å². The van der Waals surface area contributed by atoms with Crippen molar-refractivity contribution in [3.8, 4) is 5.75 Å². The minimum absolute atomic E-state index is 0.0255. The van der Waals surface area contributed by atoms with Gasteiger partial charge in [-0.25, -0.2) is 0 Å². The molecular formula is C14H19ClN2O2. The molecular weight excluding hydrogens is 264 g/mol. The van der Waals surface area contributed by atoms with Crippen molar-refractivity contribution in [2.24, 2.45) is 0 Å². The number of benzene rings is 1. The van der Waals surface area contributed by atoms with Crippen LogP contribution in [0.15, 0.2) is 18.2 Å². The van der Waals surface area contributed by atoms with E-state index in [1.165, 1.54) is 0 Å². The molecule has 0 saturated carbocycles. The quantitative estimate of drug-likeness (QED) is 0.923. The monoisotopic (exact) mass is 282 g/mol. The zero-order chi connectivity index (χ0) is 13.8. The Morgan fingerprint density at radius 2 is 2.11 bits per heavy atom. The van der Waals surface area contributed by atoms with E-state index in [4.69, 9.17) is 16.3 Å². The van der Waals surface area contributed by atoms with Gasteiger partial charge in [0, 0.05) is 5.02 Å². The van der Waals surface area contributed by atoms with Crippen LogP contribution in [-0.4, -0.2) is 37.0 Å². The van der Waals surface area contributed by atoms with Crippen LogP contribution in [0.25, 0.3) is 0 Å². The van der Waals surface area contributed by atoms with Crippen molar-refractivity contribution in [2.45, 2.75) is 25.8 Å². The number of methoxy groups -OCH3 is 1. The SMILES string of the molecule is COc1ccc(Cl)cc1NC(=O)C(C)N1CCCC1. The van der Waals surface area contributed by atoms with Crippen molar-refractivity contribution >= 4 is 23.2 Å². The molecule has 0 aliphatic carbocycles. The summed E-state index contributed by atoms with van der Waals surface area (Å²) in [6.45, 7) is 3.90. The molecule has 1 amide bonds. The van der Waals surface area contributed by atoms with E-state index in [1.54, 1.807) is 25.3 Å². The maximum atomic E-state index is 12.2. The number of hydrogen-bond donors (Lipinski definition) is 1. The van der Waals surface area contributed by atoms with Crippen molar-refractivity contribution in [2.75, 3.05) is 25.5 Å². The second-order valence-corrected chi connectivity index (χ2v) is 5.19. The fourth-order valence-electron chi connectivity index (χ4n) is 2.31. The van der Waals surface area contributed by atoms with Gasteiger partial charge in [-0.2, -0.15) is 0 Å². The third kappa shape index (κ3) is 3.39. The van der Waals surface area contributed by atoms with E-state index in [2.05, 4.69) is 10.2 Å². The summed E-state index contributed by atoms with van der Waals surface area (Å²) in [5.41, 5.74) is 0.617. The first kappa shape index (κ1) is 14.2. The van der Waals surface area contributed by atoms with Crippen molar-refractivity contribution < 1.29 is 9.53 Å². The fourth-order valence-corrected chi connectivity index (χ4v) is 2.48. The molecule has 4 nitrogen and oxygen atoms in total. The zero-order valence-corrected chi connectivity index (χ0v) is 12.0. The van der Waals surface area contributed by atoms with E-state index in [0.29, 0.717) is 16.5 Å². The van der Waals surface area contributed by atoms with Gasteiger partial charge in [-0.15, -0.1) is 0 Å². The van der Waals surface area contributed by atoms with E-state index < -0.39 is 0 Å². The summed E-state index contributed by atoms with van der Waals surface area (Å²) >= 11 is 5.95. The molecule has 2 rings (SSSR count). The third-order valence-corrected chi connectivity index (χ3v) is 3.72. The molecule has 104 valence electrons. The number of carbonyl (C=O) groups is 1. The first-order valence-electron chi connectivity index (χ1n) is 6.50. The van der Waals surface area contributed by atoms with Crippen LogP contribution in [0.3, 0.4) is 0 Å². The highest BCUT2D eigenvalue weighted by molar-refractivity contribution is 6.31. The minimum Gasteiger partial charge on any atom is -0.495 e. The summed E-state index contributed by atoms with van der Waals surface area (Å²) in [5, 5.41) is 3.46. The number of rotatable bonds is 4. The van der Waals surface area contributed by atoms with Crippen molar-refractivity contribution in [1.82, 2.24) is 4.90 Å². The number of ether oxygens (including phenoxy) is 1. The number of anilines is 1. The van der Waals surface area contributed by atoms with Gasteiger partial charge in [0.25, 0.3) is 0 Å². The summed E-state index contributed by atoms with van der Waals surface area (Å²) in [5.74, 6) is 0.592. The van der Waals surface area contributed by atoms with Gasteiger partial charge in [-0.05, 0) is 51.1 Å². The average Bonchev–Trinajstić information content (AvgIpc) is 2.92. The summed E-state index contributed by atoms with van der Waals surface area (Å²) in [6, 6.07) is 5.05. The molecule has 1 N–H and O–H groups in total. The molecule has 0 bridgehead atoms. The van der Waals surface area contributed by atoms with Crippen LogP contribution in [0.5, 0.6) is 5.75 Å². The molecule has 1 aromatic rings. The number of nitrogens with zero attached hydrogens (tertiary/aromatic N) is 1. The Morgan fingerprint density at radius 3 is 2.74 bits per heavy atom. The highest BCUT2D eigenvalue weighted by atomic mass is 35.5. The second-order valence-electron chi connectivity index (χ2n) is 4.75. The van der Waals surface area contributed by atoms with Gasteiger partial charge in [0.05, 0.1) is 18.8 Å². The Kier molecular flexibility index (Phi) is 4.66. The number of halogens is 1. The molecule has 19 heavy (non-hydrogen) atoms. The molecule has 1 aliphatic rings. The first-order valence-corrected chi connectivity index (χ1v) is 6.88. The lowest BCUT2D eigenvalue weighted by Gasteiger charge is -2.23. The first-order chi connectivity index (χ1) is 9.11. The lowest BCUT2D eigenvalue weighted by molar-refractivity contribution is -0.120. The Balaban J connectivity index is 2.07. The molecule has 5 heteroatoms. The van der Waals surface area contributed by atoms with Crippen molar-refractivity contribution in [3.05, 3.63) is 23.2 Å². The van der Waals surface area contributed by atoms with Gasteiger partial charge in [0.1, 0.15) is 5.75 Å². The molecule has 1 aromatic carbocycles. The van der Waals surface area contributed by atoms with Crippen molar-refractivity contribution in [3.63, 3.8) is 0 Å². The number of likely N-dealkylation sites (tertiary alicyclic amines) is 1. The maximum absolute atomic E-state index is 12.2. The molecule has 1 saturated heterocycles. The van der Waals surface area contributed by atoms with Crippen LogP contribution in [0.2, 0.25) is 5.02 Å². The maximum Gasteiger partial charge on any atom is 0.241 e. The largest absolute Gasteiger partial charge is 0.495 e. The lowest BCUT2D eigenvalue weighted by atomic mass is 10.2. The topological polar surface area (TPSA) is 41.6 Å². The lowest BCUT2D eigenvalue weighted by Crippen LogP contribution is -2.40. The van der Waals surface area contributed by atoms with Gasteiger partial charge >= 0.3 is 0 Å². The van der Waals surface area contributed by atoms with Gasteiger partial charge in [0.15, 0.2) is 0 Å². The molecule has 0 spiro atoms. The van der Waals surface area contributed by atoms with Crippen LogP contribution < -0.4 is 10.1 Å². The molecule has 1 heterocycles. The minimum atomic E-state index is -0.133. The molecule has 0 radical (unpaired) electrons. The van der Waals surface area contributed by atoms with Gasteiger partial charge in [0.2, 0.25) is 5.91 Å². The van der Waals surface area contributed by atoms with E-state index in [-0.39, 0.29) is 11.9 Å². The Hall–Kier alpha value is -1.26. The number of hydrogen-bond acceptors (Lipinski definition) is 3. The highest BCUT2D eigenvalue weighted by Crippen LogP contribution is 2.28. The van der Waals surface area contributed by atoms with E-state index >= 15 is 0 Å². The smallest absolute Gasteiger partial charge is 0.241 e. The van der Waals surface area contributed by atoms with Crippen molar-refractivity contribution in [1.29, 1.82) is 0 Å². The normalized spacial score (nSPS) is 17.2. The summed E-state index contributed by atoms with van der Waals surface area (Å²) < 4.78 is 5.22. The second kappa shape index (κ2) is 6.26. The summed E-state index contributed by atoms with van der Waals surface area (Å²) in [7, 11) is 1.57. The number of amides is 1. The summed E-state index contributed by atoms with van der Waals surface area (Å²) in [4.78, 5) is 14.4. The fraction of sp³-hybridized carbons (Fsp3) is 0.500. The molecule has 1 fully saturated rings. The van der Waals surface area contributed by atoms with E-state index in [9.17, 15) is 4.79 Å². The molecule has 1 aliphatic heterocycles. The Morgan fingerprint density at radius 1 is 1.42 bits per heavy atom. The van der Waals surface area contributed by atoms with E-state index in [1.807, 2.05) is 6.92 Å². The zero-order valence-electron chi connectivity index (χ0n) is 11.3. The predicted molar refractivity (Wildman–Crippen MR) is 76.9 cm³/mol. The average molecular weight is 283 g/mol.